The van der Waals surface area contributed by atoms with E-state index in [9.17, 15) is 17.6 Å². The summed E-state index contributed by atoms with van der Waals surface area (Å²) in [5.74, 6) is -1.01. The van der Waals surface area contributed by atoms with E-state index in [4.69, 9.17) is 9.47 Å². The summed E-state index contributed by atoms with van der Waals surface area (Å²) in [4.78, 5) is 12.4. The first-order valence-corrected chi connectivity index (χ1v) is 11.4. The summed E-state index contributed by atoms with van der Waals surface area (Å²) in [6, 6.07) is 8.80. The van der Waals surface area contributed by atoms with Crippen LogP contribution < -0.4 is 10.1 Å². The van der Waals surface area contributed by atoms with Crippen LogP contribution in [0.5, 0.6) is 5.75 Å². The van der Waals surface area contributed by atoms with Crippen LogP contribution >= 0.6 is 0 Å². The highest BCUT2D eigenvalue weighted by atomic mass is 32.2. The standard InChI is InChI=1S/C22H27FN2O5S/c1-22(2,3)16-6-8-19(29-4)18(14-16)24-21(26)15-5-7-17(23)20(13-15)31(27,28)25-9-11-30-12-10-25/h5-8,13-14H,9-12H2,1-4H3,(H,24,26). The SMILES string of the molecule is COc1ccc(C(C)(C)C)cc1NC(=O)c1ccc(F)c(S(=O)(=O)N2CCOCC2)c1. The second-order valence-electron chi connectivity index (χ2n) is 8.28. The molecule has 168 valence electrons. The second-order valence-corrected chi connectivity index (χ2v) is 10.2. The van der Waals surface area contributed by atoms with Crippen molar-refractivity contribution >= 4 is 21.6 Å². The molecule has 3 rings (SSSR count). The van der Waals surface area contributed by atoms with Crippen molar-refractivity contribution in [1.29, 1.82) is 0 Å². The van der Waals surface area contributed by atoms with E-state index in [2.05, 4.69) is 5.32 Å². The van der Waals surface area contributed by atoms with Crippen molar-refractivity contribution in [1.82, 2.24) is 4.31 Å². The third-order valence-corrected chi connectivity index (χ3v) is 7.01. The van der Waals surface area contributed by atoms with Crippen LogP contribution in [-0.2, 0) is 20.2 Å². The summed E-state index contributed by atoms with van der Waals surface area (Å²) < 4.78 is 51.8. The molecule has 7 nitrogen and oxygen atoms in total. The van der Waals surface area contributed by atoms with Gasteiger partial charge < -0.3 is 14.8 Å². The number of rotatable bonds is 5. The highest BCUT2D eigenvalue weighted by Crippen LogP contribution is 2.32. The highest BCUT2D eigenvalue weighted by molar-refractivity contribution is 7.89. The molecule has 31 heavy (non-hydrogen) atoms. The quantitative estimate of drug-likeness (QED) is 0.755. The van der Waals surface area contributed by atoms with Gasteiger partial charge in [0.2, 0.25) is 10.0 Å². The molecular formula is C22H27FN2O5S. The fraction of sp³-hybridized carbons (Fsp3) is 0.409. The maximum atomic E-state index is 14.4. The van der Waals surface area contributed by atoms with Crippen LogP contribution in [0.15, 0.2) is 41.3 Å². The maximum Gasteiger partial charge on any atom is 0.255 e. The van der Waals surface area contributed by atoms with Crippen LogP contribution in [0, 0.1) is 5.82 Å². The van der Waals surface area contributed by atoms with Crippen LogP contribution in [-0.4, -0.2) is 52.0 Å². The van der Waals surface area contributed by atoms with E-state index in [0.717, 1.165) is 22.0 Å². The topological polar surface area (TPSA) is 84.9 Å². The molecule has 0 saturated carbocycles. The molecule has 2 aromatic carbocycles. The van der Waals surface area contributed by atoms with E-state index in [1.165, 1.54) is 13.2 Å². The minimum Gasteiger partial charge on any atom is -0.495 e. The zero-order valence-electron chi connectivity index (χ0n) is 18.1. The first-order valence-electron chi connectivity index (χ1n) is 9.91. The van der Waals surface area contributed by atoms with Crippen LogP contribution in [0.2, 0.25) is 0 Å². The molecule has 0 bridgehead atoms. The van der Waals surface area contributed by atoms with E-state index in [1.807, 2.05) is 32.9 Å². The number of carbonyl (C=O) groups is 1. The lowest BCUT2D eigenvalue weighted by molar-refractivity contribution is 0.0729. The summed E-state index contributed by atoms with van der Waals surface area (Å²) >= 11 is 0. The number of amides is 1. The Hall–Kier alpha value is -2.49. The molecule has 0 atom stereocenters. The van der Waals surface area contributed by atoms with Gasteiger partial charge in [-0.25, -0.2) is 12.8 Å². The Morgan fingerprint density at radius 1 is 1.13 bits per heavy atom. The minimum atomic E-state index is -4.09. The fourth-order valence-electron chi connectivity index (χ4n) is 3.23. The zero-order chi connectivity index (χ0) is 22.8. The molecule has 1 aliphatic heterocycles. The number of ether oxygens (including phenoxy) is 2. The Morgan fingerprint density at radius 3 is 2.42 bits per heavy atom. The minimum absolute atomic E-state index is 0.0245. The molecular weight excluding hydrogens is 423 g/mol. The number of hydrogen-bond acceptors (Lipinski definition) is 5. The van der Waals surface area contributed by atoms with E-state index < -0.39 is 26.6 Å². The van der Waals surface area contributed by atoms with Crippen molar-refractivity contribution in [2.45, 2.75) is 31.1 Å². The molecule has 0 spiro atoms. The Kier molecular flexibility index (Phi) is 6.68. The van der Waals surface area contributed by atoms with Gasteiger partial charge in [-0.3, -0.25) is 4.79 Å². The zero-order valence-corrected chi connectivity index (χ0v) is 18.9. The maximum absolute atomic E-state index is 14.4. The summed E-state index contributed by atoms with van der Waals surface area (Å²) in [7, 11) is -2.59. The van der Waals surface area contributed by atoms with Crippen molar-refractivity contribution in [3.8, 4) is 5.75 Å². The van der Waals surface area contributed by atoms with Crippen molar-refractivity contribution in [3.05, 3.63) is 53.3 Å². The van der Waals surface area contributed by atoms with Gasteiger partial charge in [0.25, 0.3) is 5.91 Å². The van der Waals surface area contributed by atoms with Gasteiger partial charge in [0.05, 0.1) is 26.0 Å². The van der Waals surface area contributed by atoms with Gasteiger partial charge in [0.1, 0.15) is 16.5 Å². The third kappa shape index (κ3) is 5.06. The number of sulfonamides is 1. The molecule has 1 amide bonds. The van der Waals surface area contributed by atoms with E-state index in [1.54, 1.807) is 6.07 Å². The first-order chi connectivity index (χ1) is 14.5. The van der Waals surface area contributed by atoms with Gasteiger partial charge in [0, 0.05) is 18.7 Å². The largest absolute Gasteiger partial charge is 0.495 e. The Bertz CT molecular complexity index is 1070. The Labute approximate surface area is 182 Å². The molecule has 1 N–H and O–H groups in total. The van der Waals surface area contributed by atoms with Gasteiger partial charge in [-0.15, -0.1) is 0 Å². The predicted molar refractivity (Wildman–Crippen MR) is 116 cm³/mol. The molecule has 1 saturated heterocycles. The molecule has 0 unspecified atom stereocenters. The number of methoxy groups -OCH3 is 1. The fourth-order valence-corrected chi connectivity index (χ4v) is 4.73. The molecule has 1 heterocycles. The van der Waals surface area contributed by atoms with Gasteiger partial charge in [-0.2, -0.15) is 4.31 Å². The van der Waals surface area contributed by atoms with Gasteiger partial charge in [-0.05, 0) is 41.3 Å². The summed E-state index contributed by atoms with van der Waals surface area (Å²) in [5.41, 5.74) is 1.30. The average molecular weight is 451 g/mol. The van der Waals surface area contributed by atoms with Crippen LogP contribution in [0.1, 0.15) is 36.7 Å². The summed E-state index contributed by atoms with van der Waals surface area (Å²) in [6.07, 6.45) is 0. The molecule has 2 aromatic rings. The molecule has 1 aliphatic rings. The predicted octanol–water partition coefficient (Wildman–Crippen LogP) is 3.41. The normalized spacial score (nSPS) is 15.5. The molecule has 0 aromatic heterocycles. The number of hydrogen-bond donors (Lipinski definition) is 1. The van der Waals surface area contributed by atoms with Gasteiger partial charge in [0.15, 0.2) is 0 Å². The number of carbonyl (C=O) groups excluding carboxylic acids is 1. The van der Waals surface area contributed by atoms with E-state index >= 15 is 0 Å². The Balaban J connectivity index is 1.92. The lowest BCUT2D eigenvalue weighted by Gasteiger charge is -2.26. The number of halogens is 1. The van der Waals surface area contributed by atoms with Crippen molar-refractivity contribution in [2.24, 2.45) is 0 Å². The number of nitrogens with zero attached hydrogens (tertiary/aromatic N) is 1. The Morgan fingerprint density at radius 2 is 1.81 bits per heavy atom. The van der Waals surface area contributed by atoms with E-state index in [-0.39, 0.29) is 37.3 Å². The van der Waals surface area contributed by atoms with Crippen LogP contribution in [0.25, 0.3) is 0 Å². The van der Waals surface area contributed by atoms with Crippen LogP contribution in [0.3, 0.4) is 0 Å². The first kappa shape index (κ1) is 23.2. The lowest BCUT2D eigenvalue weighted by atomic mass is 9.87. The van der Waals surface area contributed by atoms with Crippen molar-refractivity contribution in [2.75, 3.05) is 38.7 Å². The van der Waals surface area contributed by atoms with Crippen LogP contribution in [0.4, 0.5) is 10.1 Å². The highest BCUT2D eigenvalue weighted by Gasteiger charge is 2.30. The summed E-state index contributed by atoms with van der Waals surface area (Å²) in [6.45, 7) is 6.88. The molecule has 0 radical (unpaired) electrons. The number of benzene rings is 2. The molecule has 1 fully saturated rings. The number of morpholine rings is 1. The third-order valence-electron chi connectivity index (χ3n) is 5.09. The number of anilines is 1. The number of nitrogens with one attached hydrogen (secondary N) is 1. The lowest BCUT2D eigenvalue weighted by Crippen LogP contribution is -2.41. The summed E-state index contributed by atoms with van der Waals surface area (Å²) in [5, 5.41) is 2.75. The average Bonchev–Trinajstić information content (AvgIpc) is 2.73. The van der Waals surface area contributed by atoms with E-state index in [0.29, 0.717) is 11.4 Å². The van der Waals surface area contributed by atoms with Crippen molar-refractivity contribution < 1.29 is 27.1 Å². The monoisotopic (exact) mass is 450 g/mol. The molecule has 0 aliphatic carbocycles. The van der Waals surface area contributed by atoms with Gasteiger partial charge in [-0.1, -0.05) is 26.8 Å². The van der Waals surface area contributed by atoms with Crippen molar-refractivity contribution in [3.63, 3.8) is 0 Å². The smallest absolute Gasteiger partial charge is 0.255 e. The molecule has 9 heteroatoms. The second kappa shape index (κ2) is 8.94. The van der Waals surface area contributed by atoms with Gasteiger partial charge >= 0.3 is 0 Å².